The van der Waals surface area contributed by atoms with Gasteiger partial charge in [-0.25, -0.2) is 14.6 Å². The molecule has 2 aromatic carbocycles. The summed E-state index contributed by atoms with van der Waals surface area (Å²) in [5.41, 5.74) is 5.02. The number of likely N-dealkylation sites (tertiary alicyclic amines) is 1. The predicted molar refractivity (Wildman–Crippen MR) is 179 cm³/mol. The first kappa shape index (κ1) is 41.1. The summed E-state index contributed by atoms with van der Waals surface area (Å²) in [7, 11) is 0. The Morgan fingerprint density at radius 1 is 0.826 bits per heavy atom. The molecule has 5 rings (SSSR count). The van der Waals surface area contributed by atoms with Gasteiger partial charge in [0, 0.05) is 26.6 Å². The van der Waals surface area contributed by atoms with Crippen molar-refractivity contribution in [3.8, 4) is 11.1 Å². The highest BCUT2D eigenvalue weighted by Crippen LogP contribution is 2.27. The molecule has 0 spiro atoms. The molecule has 0 unspecified atom stereocenters. The maximum absolute atomic E-state index is 13.1. The van der Waals surface area contributed by atoms with E-state index in [4.69, 9.17) is 29.7 Å². The number of rotatable bonds is 6. The van der Waals surface area contributed by atoms with Crippen LogP contribution < -0.4 is 10.2 Å². The maximum Gasteiger partial charge on any atom is 0.414 e. The lowest BCUT2D eigenvalue weighted by atomic mass is 9.96. The van der Waals surface area contributed by atoms with Crippen LogP contribution in [0.3, 0.4) is 0 Å². The fourth-order valence-electron chi connectivity index (χ4n) is 5.10. The summed E-state index contributed by atoms with van der Waals surface area (Å²) in [6.45, 7) is 5.00. The molecule has 46 heavy (non-hydrogen) atoms. The summed E-state index contributed by atoms with van der Waals surface area (Å²) in [6, 6.07) is 20.6. The number of benzene rings is 2. The second-order valence-electron chi connectivity index (χ2n) is 10.2. The van der Waals surface area contributed by atoms with Crippen LogP contribution >= 0.6 is 0 Å². The van der Waals surface area contributed by atoms with Gasteiger partial charge in [0.05, 0.1) is 11.9 Å². The van der Waals surface area contributed by atoms with Crippen LogP contribution in [0.15, 0.2) is 66.9 Å². The van der Waals surface area contributed by atoms with Crippen LogP contribution in [0.4, 0.5) is 11.5 Å². The van der Waals surface area contributed by atoms with Gasteiger partial charge in [-0.2, -0.15) is 0 Å². The van der Waals surface area contributed by atoms with Crippen LogP contribution in [0.25, 0.3) is 11.1 Å². The number of aliphatic carboxylic acids is 2. The van der Waals surface area contributed by atoms with Crippen molar-refractivity contribution < 1.29 is 46.9 Å². The number of aromatic nitrogens is 1. The van der Waals surface area contributed by atoms with Crippen LogP contribution in [0.2, 0.25) is 0 Å². The minimum atomic E-state index is -1.82. The second kappa shape index (κ2) is 21.8. The van der Waals surface area contributed by atoms with Gasteiger partial charge in [-0.3, -0.25) is 14.5 Å². The van der Waals surface area contributed by atoms with Crippen molar-refractivity contribution in [1.82, 2.24) is 9.88 Å². The largest absolute Gasteiger partial charge is 0.483 e. The summed E-state index contributed by atoms with van der Waals surface area (Å²) in [6.07, 6.45) is 9.33. The molecule has 3 heterocycles. The van der Waals surface area contributed by atoms with Gasteiger partial charge in [-0.15, -0.1) is 0 Å². The zero-order chi connectivity index (χ0) is 31.0. The van der Waals surface area contributed by atoms with Crippen LogP contribution in [-0.2, 0) is 20.9 Å². The molecule has 3 aromatic rings. The lowest BCUT2D eigenvalue weighted by molar-refractivity contribution is -0.159. The molecule has 1 aromatic heterocycles. The summed E-state index contributed by atoms with van der Waals surface area (Å²) < 4.78 is 0. The van der Waals surface area contributed by atoms with Crippen LogP contribution in [0, 0.1) is 0 Å². The number of carboxylic acids is 2. The average molecular weight is 645 g/mol. The number of hydrogen-bond donors (Lipinski definition) is 4. The molecule has 13 nitrogen and oxygen atoms in total. The van der Waals surface area contributed by atoms with Crippen molar-refractivity contribution in [3.05, 3.63) is 78.0 Å². The van der Waals surface area contributed by atoms with Gasteiger partial charge in [0.2, 0.25) is 0 Å². The normalized spacial score (nSPS) is 13.7. The number of pyridine rings is 1. The number of carboxylic acid groups (broad SMARTS) is 3. The topological polar surface area (TPSA) is 223 Å². The third-order valence-electron chi connectivity index (χ3n) is 7.16. The second-order valence-corrected chi connectivity index (χ2v) is 10.2. The monoisotopic (exact) mass is 644 g/mol. The maximum atomic E-state index is 13.1. The molecule has 0 saturated carbocycles. The Hall–Kier alpha value is -4.85. The molecule has 8 N–H and O–H groups in total. The molecular weight excluding hydrogens is 596 g/mol. The van der Waals surface area contributed by atoms with E-state index in [1.807, 2.05) is 24.3 Å². The highest BCUT2D eigenvalue weighted by molar-refractivity contribution is 6.27. The molecule has 2 saturated heterocycles. The smallest absolute Gasteiger partial charge is 0.414 e. The first-order chi connectivity index (χ1) is 20.8. The van der Waals surface area contributed by atoms with Crippen molar-refractivity contribution in [2.24, 2.45) is 0 Å². The van der Waals surface area contributed by atoms with Crippen molar-refractivity contribution >= 4 is 35.8 Å². The van der Waals surface area contributed by atoms with Gasteiger partial charge < -0.3 is 36.5 Å². The first-order valence-corrected chi connectivity index (χ1v) is 14.3. The van der Waals surface area contributed by atoms with E-state index < -0.39 is 11.9 Å². The summed E-state index contributed by atoms with van der Waals surface area (Å²) >= 11 is 0. The molecule has 13 heteroatoms. The Labute approximate surface area is 270 Å². The number of nitrogens with zero attached hydrogens (tertiary/aromatic N) is 3. The number of carbonyl (C=O) groups excluding carboxylic acids is 1. The minimum Gasteiger partial charge on any atom is -0.483 e. The Morgan fingerprint density at radius 3 is 1.91 bits per heavy atom. The summed E-state index contributed by atoms with van der Waals surface area (Å²) in [5.74, 6) is -2.74. The zero-order valence-electron chi connectivity index (χ0n) is 25.0. The van der Waals surface area contributed by atoms with Gasteiger partial charge in [0.1, 0.15) is 5.82 Å². The number of anilines is 2. The number of carbonyl (C=O) groups is 4. The average Bonchev–Trinajstić information content (AvgIpc) is 3.03. The van der Waals surface area contributed by atoms with Crippen LogP contribution in [-0.4, -0.2) is 86.7 Å². The summed E-state index contributed by atoms with van der Waals surface area (Å²) in [4.78, 5) is 49.1. The third-order valence-corrected chi connectivity index (χ3v) is 7.16. The van der Waals surface area contributed by atoms with Gasteiger partial charge in [-0.05, 0) is 86.1 Å². The predicted octanol–water partition coefficient (Wildman–Crippen LogP) is 4.07. The Kier molecular flexibility index (Phi) is 19.5. The molecule has 2 fully saturated rings. The van der Waals surface area contributed by atoms with Gasteiger partial charge >= 0.3 is 11.9 Å². The molecule has 0 bridgehead atoms. The quantitative estimate of drug-likeness (QED) is 0.222. The molecule has 2 aliphatic rings. The Balaban J connectivity index is 0. The standard InChI is InChI=1S/C29H34N4O.C2H2O4.CH2O2.CH4.2H2O.H2/c34-29(31-26-13-15-28(30-21-26)33-18-8-3-9-19-33)24-12-14-27(23-10-4-1-5-11-23)25(20-24)22-32-16-6-2-7-17-32;3-1(4)2(5)6;2-1-3;;;;/h1,4-5,10-15,20-21H,2-3,6-9,16-19,22H2,(H,31,34);(H,3,4)(H,5,6);1H,(H,2,3);1H4;2*1H2;1H. The minimum absolute atomic E-state index is 0. The molecule has 2 aliphatic heterocycles. The molecule has 0 radical (unpaired) electrons. The molecule has 254 valence electrons. The number of hydrogen-bond acceptors (Lipinski definition) is 7. The Bertz CT molecular complexity index is 1340. The highest BCUT2D eigenvalue weighted by Gasteiger charge is 2.17. The van der Waals surface area contributed by atoms with E-state index in [0.29, 0.717) is 5.56 Å². The summed E-state index contributed by atoms with van der Waals surface area (Å²) in [5, 5.41) is 24.7. The zero-order valence-corrected chi connectivity index (χ0v) is 25.0. The number of piperidine rings is 2. The molecular formula is C33H48N4O9. The van der Waals surface area contributed by atoms with E-state index in [-0.39, 0.29) is 32.2 Å². The van der Waals surface area contributed by atoms with Gasteiger partial charge in [0.15, 0.2) is 0 Å². The molecule has 0 aliphatic carbocycles. The van der Waals surface area contributed by atoms with Gasteiger partial charge in [0.25, 0.3) is 12.4 Å². The van der Waals surface area contributed by atoms with E-state index >= 15 is 0 Å². The van der Waals surface area contributed by atoms with Crippen molar-refractivity contribution in [2.45, 2.75) is 52.5 Å². The van der Waals surface area contributed by atoms with E-state index in [9.17, 15) is 4.79 Å². The van der Waals surface area contributed by atoms with E-state index in [2.05, 4.69) is 56.5 Å². The van der Waals surface area contributed by atoms with Crippen LogP contribution in [0.5, 0.6) is 0 Å². The fraction of sp³-hybridized carbons (Fsp3) is 0.364. The number of nitrogens with one attached hydrogen (secondary N) is 1. The van der Waals surface area contributed by atoms with E-state index in [0.717, 1.165) is 44.2 Å². The van der Waals surface area contributed by atoms with Gasteiger partial charge in [-0.1, -0.05) is 50.2 Å². The lowest BCUT2D eigenvalue weighted by Crippen LogP contribution is -2.30. The van der Waals surface area contributed by atoms with Crippen molar-refractivity contribution in [2.75, 3.05) is 36.4 Å². The lowest BCUT2D eigenvalue weighted by Gasteiger charge is -2.27. The first-order valence-electron chi connectivity index (χ1n) is 14.3. The Morgan fingerprint density at radius 2 is 1.39 bits per heavy atom. The van der Waals surface area contributed by atoms with E-state index in [1.165, 1.54) is 55.2 Å². The SMILES string of the molecule is C.O.O.O=C(Nc1ccc(N2CCCCC2)nc1)c1ccc(-c2ccccc2)c(CN2CCCCC2)c1.O=C(O)C(=O)O.O=CO.[HH]. The van der Waals surface area contributed by atoms with Crippen molar-refractivity contribution in [3.63, 3.8) is 0 Å². The van der Waals surface area contributed by atoms with E-state index in [1.54, 1.807) is 6.20 Å². The molecule has 1 amide bonds. The molecule has 0 atom stereocenters. The third kappa shape index (κ3) is 13.0. The fourth-order valence-corrected chi connectivity index (χ4v) is 5.10. The van der Waals surface area contributed by atoms with Crippen molar-refractivity contribution in [1.29, 1.82) is 0 Å². The van der Waals surface area contributed by atoms with Crippen LogP contribution in [0.1, 0.15) is 63.3 Å². The number of amides is 1. The highest BCUT2D eigenvalue weighted by atomic mass is 16.4.